The van der Waals surface area contributed by atoms with Gasteiger partial charge in [-0.15, -0.1) is 12.3 Å². The number of aryl methyl sites for hydroxylation is 3. The van der Waals surface area contributed by atoms with Gasteiger partial charge in [-0.1, -0.05) is 13.8 Å². The van der Waals surface area contributed by atoms with Crippen molar-refractivity contribution in [2.45, 2.75) is 72.1 Å². The lowest BCUT2D eigenvalue weighted by Gasteiger charge is -2.31. The third kappa shape index (κ3) is 6.75. The Labute approximate surface area is 207 Å². The molecule has 0 fully saturated rings. The van der Waals surface area contributed by atoms with Crippen molar-refractivity contribution in [2.75, 3.05) is 13.1 Å². The summed E-state index contributed by atoms with van der Waals surface area (Å²) >= 11 is 0. The Morgan fingerprint density at radius 3 is 2.43 bits per heavy atom. The summed E-state index contributed by atoms with van der Waals surface area (Å²) in [7, 11) is 0. The van der Waals surface area contributed by atoms with Crippen molar-refractivity contribution in [3.05, 3.63) is 47.0 Å². The van der Waals surface area contributed by atoms with Gasteiger partial charge in [0.1, 0.15) is 0 Å². The van der Waals surface area contributed by atoms with Gasteiger partial charge in [-0.05, 0) is 44.9 Å². The van der Waals surface area contributed by atoms with Crippen molar-refractivity contribution in [3.63, 3.8) is 0 Å². The molecule has 186 valence electrons. The van der Waals surface area contributed by atoms with Crippen LogP contribution < -0.4 is 5.32 Å². The summed E-state index contributed by atoms with van der Waals surface area (Å²) in [5.41, 5.74) is 1.89. The Bertz CT molecular complexity index is 1100. The molecule has 0 spiro atoms. The molecule has 2 aromatic heterocycles. The zero-order chi connectivity index (χ0) is 25.6. The molecule has 0 aliphatic carbocycles. The van der Waals surface area contributed by atoms with E-state index in [0.29, 0.717) is 43.6 Å². The number of nitrogens with one attached hydrogen (secondary N) is 1. The largest absolute Gasteiger partial charge is 0.354 e. The minimum atomic E-state index is -0.897. The van der Waals surface area contributed by atoms with E-state index in [1.54, 1.807) is 27.8 Å². The van der Waals surface area contributed by atoms with Gasteiger partial charge in [0.05, 0.1) is 5.69 Å². The van der Waals surface area contributed by atoms with Crippen LogP contribution in [0.5, 0.6) is 0 Å². The Kier molecular flexibility index (Phi) is 8.39. The number of aromatic nitrogens is 3. The summed E-state index contributed by atoms with van der Waals surface area (Å²) in [6.45, 7) is 11.1. The quantitative estimate of drug-likeness (QED) is 0.469. The van der Waals surface area contributed by atoms with Crippen LogP contribution in [0.4, 0.5) is 0 Å². The standard InChI is InChI=1S/C26H35N7O2/c1-7-9-11-26(30-31-26)12-14-33(25(35)21-15-19(5)28-20(6)16-21)23(24(34)27-17-18(3)4)22-10-13-32(8-2)29-22/h1,10,13,15-16,18,23H,8-9,11-12,14,17H2,2-6H3,(H,27,34). The number of carbonyl (C=O) groups is 2. The van der Waals surface area contributed by atoms with E-state index in [1.165, 1.54) is 0 Å². The van der Waals surface area contributed by atoms with Crippen LogP contribution in [-0.2, 0) is 11.3 Å². The number of hydrogen-bond donors (Lipinski definition) is 1. The van der Waals surface area contributed by atoms with Crippen LogP contribution in [0.1, 0.15) is 73.5 Å². The second kappa shape index (κ2) is 11.3. The number of pyridine rings is 1. The molecule has 9 heteroatoms. The first kappa shape index (κ1) is 26.1. The molecule has 0 radical (unpaired) electrons. The maximum absolute atomic E-state index is 13.9. The van der Waals surface area contributed by atoms with E-state index in [1.807, 2.05) is 40.8 Å². The number of hydrogen-bond acceptors (Lipinski definition) is 6. The number of carbonyl (C=O) groups excluding carboxylic acids is 2. The van der Waals surface area contributed by atoms with Gasteiger partial charge in [-0.25, -0.2) is 0 Å². The van der Waals surface area contributed by atoms with Gasteiger partial charge >= 0.3 is 0 Å². The zero-order valence-electron chi connectivity index (χ0n) is 21.3. The zero-order valence-corrected chi connectivity index (χ0v) is 21.3. The molecule has 1 unspecified atom stereocenters. The number of amides is 2. The minimum Gasteiger partial charge on any atom is -0.354 e. The van der Waals surface area contributed by atoms with Crippen molar-refractivity contribution in [3.8, 4) is 12.3 Å². The smallest absolute Gasteiger partial charge is 0.254 e. The first-order valence-corrected chi connectivity index (χ1v) is 12.1. The van der Waals surface area contributed by atoms with Crippen LogP contribution in [0.3, 0.4) is 0 Å². The first-order valence-electron chi connectivity index (χ1n) is 12.1. The molecule has 2 amide bonds. The van der Waals surface area contributed by atoms with Gasteiger partial charge in [0.2, 0.25) is 5.91 Å². The van der Waals surface area contributed by atoms with Crippen molar-refractivity contribution in [2.24, 2.45) is 16.1 Å². The molecule has 1 aliphatic heterocycles. The van der Waals surface area contributed by atoms with E-state index in [-0.39, 0.29) is 24.3 Å². The fourth-order valence-electron chi connectivity index (χ4n) is 3.98. The molecule has 0 bridgehead atoms. The molecule has 35 heavy (non-hydrogen) atoms. The summed E-state index contributed by atoms with van der Waals surface area (Å²) in [5, 5.41) is 16.0. The van der Waals surface area contributed by atoms with Gasteiger partial charge in [0.15, 0.2) is 11.7 Å². The second-order valence-corrected chi connectivity index (χ2v) is 9.41. The molecular weight excluding hydrogens is 442 g/mol. The summed E-state index contributed by atoms with van der Waals surface area (Å²) < 4.78 is 1.75. The van der Waals surface area contributed by atoms with E-state index in [2.05, 4.69) is 31.5 Å². The Morgan fingerprint density at radius 1 is 1.20 bits per heavy atom. The maximum atomic E-state index is 13.9. The summed E-state index contributed by atoms with van der Waals surface area (Å²) in [6, 6.07) is 4.39. The molecule has 1 atom stereocenters. The Hall–Kier alpha value is -3.54. The second-order valence-electron chi connectivity index (χ2n) is 9.41. The number of rotatable bonds is 12. The number of terminal acetylenes is 1. The van der Waals surface area contributed by atoms with Crippen LogP contribution in [0.2, 0.25) is 0 Å². The lowest BCUT2D eigenvalue weighted by molar-refractivity contribution is -0.126. The topological polar surface area (TPSA) is 105 Å². The van der Waals surface area contributed by atoms with Gasteiger partial charge < -0.3 is 10.2 Å². The molecular formula is C26H35N7O2. The SMILES string of the molecule is C#CCCC1(CCN(C(=O)c2cc(C)nc(C)c2)C(C(=O)NCC(C)C)c2ccn(CC)n2)N=N1. The fourth-order valence-corrected chi connectivity index (χ4v) is 3.98. The van der Waals surface area contributed by atoms with Crippen LogP contribution in [-0.4, -0.2) is 50.2 Å². The van der Waals surface area contributed by atoms with E-state index < -0.39 is 11.7 Å². The highest BCUT2D eigenvalue weighted by molar-refractivity contribution is 5.98. The predicted molar refractivity (Wildman–Crippen MR) is 134 cm³/mol. The fraction of sp³-hybridized carbons (Fsp3) is 0.538. The normalized spacial score (nSPS) is 14.4. The highest BCUT2D eigenvalue weighted by Gasteiger charge is 2.42. The molecule has 0 saturated carbocycles. The highest BCUT2D eigenvalue weighted by atomic mass is 16.2. The van der Waals surface area contributed by atoms with E-state index >= 15 is 0 Å². The predicted octanol–water partition coefficient (Wildman–Crippen LogP) is 3.84. The van der Waals surface area contributed by atoms with Gasteiger partial charge in [-0.3, -0.25) is 19.3 Å². The van der Waals surface area contributed by atoms with Crippen LogP contribution >= 0.6 is 0 Å². The molecule has 1 N–H and O–H groups in total. The highest BCUT2D eigenvalue weighted by Crippen LogP contribution is 2.37. The van der Waals surface area contributed by atoms with Crippen LogP contribution in [0.25, 0.3) is 0 Å². The average Bonchev–Trinajstić information content (AvgIpc) is 3.43. The van der Waals surface area contributed by atoms with Gasteiger partial charge in [0.25, 0.3) is 5.91 Å². The monoisotopic (exact) mass is 477 g/mol. The van der Waals surface area contributed by atoms with Crippen molar-refractivity contribution >= 4 is 11.8 Å². The van der Waals surface area contributed by atoms with E-state index in [9.17, 15) is 9.59 Å². The molecule has 2 aromatic rings. The number of nitrogens with zero attached hydrogens (tertiary/aromatic N) is 6. The summed E-state index contributed by atoms with van der Waals surface area (Å²) in [5.74, 6) is 2.37. The van der Waals surface area contributed by atoms with Crippen molar-refractivity contribution in [1.29, 1.82) is 0 Å². The first-order chi connectivity index (χ1) is 16.7. The van der Waals surface area contributed by atoms with Gasteiger partial charge in [-0.2, -0.15) is 15.3 Å². The molecule has 9 nitrogen and oxygen atoms in total. The summed E-state index contributed by atoms with van der Waals surface area (Å²) in [6.07, 6.45) is 8.90. The van der Waals surface area contributed by atoms with Gasteiger partial charge in [0, 0.05) is 62.0 Å². The van der Waals surface area contributed by atoms with E-state index in [4.69, 9.17) is 6.42 Å². The minimum absolute atomic E-state index is 0.262. The molecule has 0 aromatic carbocycles. The van der Waals surface area contributed by atoms with Crippen molar-refractivity contribution < 1.29 is 9.59 Å². The molecule has 3 rings (SSSR count). The van der Waals surface area contributed by atoms with Crippen molar-refractivity contribution in [1.82, 2.24) is 25.0 Å². The Morgan fingerprint density at radius 2 is 1.89 bits per heavy atom. The average molecular weight is 478 g/mol. The molecule has 0 saturated heterocycles. The Balaban J connectivity index is 1.99. The third-order valence-electron chi connectivity index (χ3n) is 5.90. The summed E-state index contributed by atoms with van der Waals surface area (Å²) in [4.78, 5) is 33.4. The van der Waals surface area contributed by atoms with E-state index in [0.717, 1.165) is 11.4 Å². The molecule has 3 heterocycles. The third-order valence-corrected chi connectivity index (χ3v) is 5.90. The van der Waals surface area contributed by atoms with Crippen LogP contribution in [0.15, 0.2) is 34.6 Å². The lowest BCUT2D eigenvalue weighted by Crippen LogP contribution is -2.46. The van der Waals surface area contributed by atoms with Crippen LogP contribution in [0, 0.1) is 32.1 Å². The molecule has 1 aliphatic rings. The lowest BCUT2D eigenvalue weighted by atomic mass is 10.0. The maximum Gasteiger partial charge on any atom is 0.254 e.